The molecule has 1 aromatic heterocycles. The van der Waals surface area contributed by atoms with Gasteiger partial charge < -0.3 is 9.80 Å². The molecule has 3 heterocycles. The SMILES string of the molecule is Cc1nc([C@]23CN(C(=O)c4ccccc4)C[C@H]2CN(C(=O)C2(c4ccccc4)CC2)C3)n[nH]1. The summed E-state index contributed by atoms with van der Waals surface area (Å²) in [5, 5.41) is 7.49. The van der Waals surface area contributed by atoms with E-state index in [-0.39, 0.29) is 17.7 Å². The number of aromatic nitrogens is 3. The highest BCUT2D eigenvalue weighted by atomic mass is 16.2. The number of nitrogens with one attached hydrogen (secondary N) is 1. The topological polar surface area (TPSA) is 82.2 Å². The lowest BCUT2D eigenvalue weighted by molar-refractivity contribution is -0.133. The van der Waals surface area contributed by atoms with Crippen molar-refractivity contribution in [3.8, 4) is 0 Å². The Hall–Kier alpha value is -3.48. The molecule has 0 unspecified atom stereocenters. The quantitative estimate of drug-likeness (QED) is 0.675. The van der Waals surface area contributed by atoms with Crippen LogP contribution in [0.25, 0.3) is 0 Å². The van der Waals surface area contributed by atoms with E-state index < -0.39 is 10.8 Å². The molecule has 3 aliphatic rings. The van der Waals surface area contributed by atoms with Gasteiger partial charge in [-0.25, -0.2) is 4.98 Å². The summed E-state index contributed by atoms with van der Waals surface area (Å²) in [4.78, 5) is 35.6. The van der Waals surface area contributed by atoms with Crippen molar-refractivity contribution in [3.05, 3.63) is 83.4 Å². The monoisotopic (exact) mass is 441 g/mol. The molecule has 1 aliphatic carbocycles. The van der Waals surface area contributed by atoms with Crippen LogP contribution in [-0.2, 0) is 15.6 Å². The number of hydrogen-bond acceptors (Lipinski definition) is 4. The maximum absolute atomic E-state index is 13.8. The molecule has 7 heteroatoms. The molecule has 0 bridgehead atoms. The van der Waals surface area contributed by atoms with Crippen LogP contribution in [0.3, 0.4) is 0 Å². The van der Waals surface area contributed by atoms with Crippen molar-refractivity contribution in [3.63, 3.8) is 0 Å². The molecule has 3 fully saturated rings. The number of amides is 2. The number of fused-ring (bicyclic) bond motifs is 1. The highest BCUT2D eigenvalue weighted by Gasteiger charge is 2.61. The Balaban J connectivity index is 1.30. The summed E-state index contributed by atoms with van der Waals surface area (Å²) in [5.41, 5.74) is 0.955. The Morgan fingerprint density at radius 1 is 0.939 bits per heavy atom. The Kier molecular flexibility index (Phi) is 4.44. The summed E-state index contributed by atoms with van der Waals surface area (Å²) in [5.74, 6) is 1.80. The number of carbonyl (C=O) groups excluding carboxylic acids is 2. The van der Waals surface area contributed by atoms with Gasteiger partial charge in [-0.05, 0) is 37.5 Å². The van der Waals surface area contributed by atoms with Gasteiger partial charge in [-0.1, -0.05) is 48.5 Å². The minimum atomic E-state index is -0.447. The van der Waals surface area contributed by atoms with Crippen LogP contribution in [0, 0.1) is 12.8 Å². The number of likely N-dealkylation sites (tertiary alicyclic amines) is 2. The lowest BCUT2D eigenvalue weighted by Gasteiger charge is -2.29. The van der Waals surface area contributed by atoms with Gasteiger partial charge in [-0.3, -0.25) is 14.7 Å². The van der Waals surface area contributed by atoms with Crippen molar-refractivity contribution in [1.29, 1.82) is 0 Å². The maximum atomic E-state index is 13.8. The van der Waals surface area contributed by atoms with E-state index >= 15 is 0 Å². The Morgan fingerprint density at radius 2 is 1.58 bits per heavy atom. The van der Waals surface area contributed by atoms with Gasteiger partial charge in [0.25, 0.3) is 5.91 Å². The van der Waals surface area contributed by atoms with Crippen LogP contribution in [-0.4, -0.2) is 63.0 Å². The Labute approximate surface area is 192 Å². The zero-order valence-electron chi connectivity index (χ0n) is 18.7. The van der Waals surface area contributed by atoms with Crippen LogP contribution in [0.2, 0.25) is 0 Å². The number of aromatic amines is 1. The summed E-state index contributed by atoms with van der Waals surface area (Å²) < 4.78 is 0. The first-order valence-electron chi connectivity index (χ1n) is 11.6. The molecule has 1 N–H and O–H groups in total. The standard InChI is InChI=1S/C26H27N5O2/c1-18-27-23(29-28-18)26-16-30(22(32)19-8-4-2-5-9-19)14-21(26)15-31(17-26)24(33)25(12-13-25)20-10-6-3-7-11-20/h2-11,21H,12-17H2,1H3,(H,27,28,29)/t21-,26-/m0/s1. The van der Waals surface area contributed by atoms with Crippen molar-refractivity contribution in [1.82, 2.24) is 25.0 Å². The third kappa shape index (κ3) is 3.09. The Morgan fingerprint density at radius 3 is 2.21 bits per heavy atom. The number of nitrogens with zero attached hydrogens (tertiary/aromatic N) is 4. The van der Waals surface area contributed by atoms with Crippen LogP contribution >= 0.6 is 0 Å². The van der Waals surface area contributed by atoms with Gasteiger partial charge in [0.1, 0.15) is 5.82 Å². The van der Waals surface area contributed by atoms with Crippen molar-refractivity contribution in [2.45, 2.75) is 30.6 Å². The van der Waals surface area contributed by atoms with Crippen LogP contribution in [0.4, 0.5) is 0 Å². The van der Waals surface area contributed by atoms with Crippen molar-refractivity contribution < 1.29 is 9.59 Å². The van der Waals surface area contributed by atoms with E-state index in [0.717, 1.165) is 24.2 Å². The predicted octanol–water partition coefficient (Wildman–Crippen LogP) is 2.70. The van der Waals surface area contributed by atoms with Gasteiger partial charge in [0, 0.05) is 37.7 Å². The predicted molar refractivity (Wildman–Crippen MR) is 123 cm³/mol. The first kappa shape index (κ1) is 20.1. The van der Waals surface area contributed by atoms with E-state index in [9.17, 15) is 9.59 Å². The molecule has 168 valence electrons. The van der Waals surface area contributed by atoms with Crippen LogP contribution < -0.4 is 0 Å². The average Bonchev–Trinajstić information content (AvgIpc) is 3.21. The molecule has 2 atom stereocenters. The maximum Gasteiger partial charge on any atom is 0.253 e. The van der Waals surface area contributed by atoms with Gasteiger partial charge in [-0.15, -0.1) is 0 Å². The van der Waals surface area contributed by atoms with E-state index in [1.54, 1.807) is 0 Å². The van der Waals surface area contributed by atoms with Crippen molar-refractivity contribution >= 4 is 11.8 Å². The fraction of sp³-hybridized carbons (Fsp3) is 0.385. The zero-order chi connectivity index (χ0) is 22.6. The normalized spacial score (nSPS) is 25.2. The first-order chi connectivity index (χ1) is 16.0. The third-order valence-corrected chi connectivity index (χ3v) is 7.73. The van der Waals surface area contributed by atoms with E-state index in [4.69, 9.17) is 0 Å². The molecule has 33 heavy (non-hydrogen) atoms. The number of rotatable bonds is 4. The second-order valence-electron chi connectivity index (χ2n) is 9.78. The third-order valence-electron chi connectivity index (χ3n) is 7.73. The molecule has 2 aliphatic heterocycles. The molecule has 2 saturated heterocycles. The van der Waals surface area contributed by atoms with E-state index in [1.807, 2.05) is 65.3 Å². The second kappa shape index (κ2) is 7.27. The van der Waals surface area contributed by atoms with E-state index in [0.29, 0.717) is 37.6 Å². The minimum Gasteiger partial charge on any atom is -0.340 e. The molecule has 0 radical (unpaired) electrons. The van der Waals surface area contributed by atoms with E-state index in [1.165, 1.54) is 0 Å². The highest BCUT2D eigenvalue weighted by molar-refractivity contribution is 5.95. The van der Waals surface area contributed by atoms with E-state index in [2.05, 4.69) is 27.3 Å². The summed E-state index contributed by atoms with van der Waals surface area (Å²) in [6.45, 7) is 4.17. The molecule has 0 spiro atoms. The van der Waals surface area contributed by atoms with Crippen molar-refractivity contribution in [2.24, 2.45) is 5.92 Å². The summed E-state index contributed by atoms with van der Waals surface area (Å²) in [7, 11) is 0. The van der Waals surface area contributed by atoms with Gasteiger partial charge in [0.2, 0.25) is 5.91 Å². The molecule has 2 aromatic carbocycles. The van der Waals surface area contributed by atoms with Crippen LogP contribution in [0.1, 0.15) is 40.4 Å². The lowest BCUT2D eigenvalue weighted by Crippen LogP contribution is -2.44. The molecule has 6 rings (SSSR count). The van der Waals surface area contributed by atoms with Crippen LogP contribution in [0.5, 0.6) is 0 Å². The van der Waals surface area contributed by atoms with Crippen molar-refractivity contribution in [2.75, 3.05) is 26.2 Å². The van der Waals surface area contributed by atoms with Gasteiger partial charge >= 0.3 is 0 Å². The molecule has 2 amide bonds. The Bertz CT molecular complexity index is 1200. The largest absolute Gasteiger partial charge is 0.340 e. The summed E-state index contributed by atoms with van der Waals surface area (Å²) in [6.07, 6.45) is 1.78. The summed E-state index contributed by atoms with van der Waals surface area (Å²) in [6, 6.07) is 19.5. The number of aryl methyl sites for hydroxylation is 1. The lowest BCUT2D eigenvalue weighted by atomic mass is 9.80. The zero-order valence-corrected chi connectivity index (χ0v) is 18.7. The first-order valence-corrected chi connectivity index (χ1v) is 11.6. The van der Waals surface area contributed by atoms with Gasteiger partial charge in [0.05, 0.1) is 10.8 Å². The number of H-pyrrole nitrogens is 1. The number of hydrogen-bond donors (Lipinski definition) is 1. The minimum absolute atomic E-state index is 0.0254. The smallest absolute Gasteiger partial charge is 0.253 e. The van der Waals surface area contributed by atoms with Crippen LogP contribution in [0.15, 0.2) is 60.7 Å². The fourth-order valence-corrected chi connectivity index (χ4v) is 5.83. The number of benzene rings is 2. The fourth-order valence-electron chi connectivity index (χ4n) is 5.83. The molecule has 3 aromatic rings. The molecule has 1 saturated carbocycles. The average molecular weight is 442 g/mol. The molecular weight excluding hydrogens is 414 g/mol. The summed E-state index contributed by atoms with van der Waals surface area (Å²) >= 11 is 0. The van der Waals surface area contributed by atoms with Gasteiger partial charge in [0.15, 0.2) is 5.82 Å². The van der Waals surface area contributed by atoms with Gasteiger partial charge in [-0.2, -0.15) is 5.10 Å². The molecule has 7 nitrogen and oxygen atoms in total. The molecular formula is C26H27N5O2. The second-order valence-corrected chi connectivity index (χ2v) is 9.78. The number of carbonyl (C=O) groups is 2. The highest BCUT2D eigenvalue weighted by Crippen LogP contribution is 2.52.